The third kappa shape index (κ3) is 9.28. The summed E-state index contributed by atoms with van der Waals surface area (Å²) < 4.78 is -2.17. The minimum Gasteiger partial charge on any atom is -0.246 e. The van der Waals surface area contributed by atoms with Crippen LogP contribution in [-0.2, 0) is 21.1 Å². The molecule has 0 aliphatic carbocycles. The average Bonchev–Trinajstić information content (AvgIpc) is 1.27. The van der Waals surface area contributed by atoms with Gasteiger partial charge in [0.1, 0.15) is 0 Å². The van der Waals surface area contributed by atoms with Crippen molar-refractivity contribution >= 4 is 12.1 Å². The molecule has 0 radical (unpaired) electrons. The Labute approximate surface area is 62.5 Å². The number of nitro groups is 2. The summed E-state index contributed by atoms with van der Waals surface area (Å²) in [6, 6.07) is 0. The molecule has 50 valence electrons. The first-order chi connectivity index (χ1) is 3.13. The Morgan fingerprint density at radius 2 is 1.38 bits per heavy atom. The van der Waals surface area contributed by atoms with Gasteiger partial charge in [-0.2, -0.15) is 0 Å². The van der Waals surface area contributed by atoms with Gasteiger partial charge < -0.3 is 0 Å². The number of hydrogen-bond acceptors (Lipinski definition) is 5. The van der Waals surface area contributed by atoms with Crippen LogP contribution >= 0.6 is 12.1 Å². The smallest absolute Gasteiger partial charge is 0.246 e. The van der Waals surface area contributed by atoms with E-state index in [0.717, 1.165) is 0 Å². The van der Waals surface area contributed by atoms with Crippen molar-refractivity contribution in [2.24, 2.45) is 0 Å². The number of hydrogen-bond donors (Lipinski definition) is 0. The first-order valence-electron chi connectivity index (χ1n) is 1.10. The molecule has 0 saturated heterocycles. The molecule has 0 aromatic heterocycles. The van der Waals surface area contributed by atoms with E-state index in [2.05, 4.69) is 0 Å². The molecule has 0 aromatic carbocycles. The SMILES string of the molecule is O=[N+]([O-])S[N+](=O)[O-].[Pt]. The topological polar surface area (TPSA) is 86.3 Å². The standard InChI is InChI=1S/N2O4S.Pt/c3-1(4)7-2(5)6;. The molecule has 8 heavy (non-hydrogen) atoms. The quantitative estimate of drug-likeness (QED) is 0.409. The first-order valence-corrected chi connectivity index (χ1v) is 1.83. The van der Waals surface area contributed by atoms with Crippen molar-refractivity contribution in [2.45, 2.75) is 0 Å². The van der Waals surface area contributed by atoms with Crippen molar-refractivity contribution in [3.8, 4) is 0 Å². The summed E-state index contributed by atoms with van der Waals surface area (Å²) >= 11 is -0.546. The molecule has 0 fully saturated rings. The molecule has 0 N–H and O–H groups in total. The largest absolute Gasteiger partial charge is 0.628 e. The third-order valence-corrected chi connectivity index (χ3v) is 0.400. The molecule has 6 nitrogen and oxygen atoms in total. The van der Waals surface area contributed by atoms with Gasteiger partial charge in [-0.1, -0.05) is 0 Å². The summed E-state index contributed by atoms with van der Waals surface area (Å²) in [7, 11) is 0. The zero-order valence-electron chi connectivity index (χ0n) is 3.25. The van der Waals surface area contributed by atoms with Gasteiger partial charge in [0, 0.05) is 21.1 Å². The molecule has 0 aromatic rings. The Balaban J connectivity index is 0. The second-order valence-corrected chi connectivity index (χ2v) is 1.29. The molecular formula is N2O4PtS. The Kier molecular flexibility index (Phi) is 6.70. The van der Waals surface area contributed by atoms with E-state index in [-0.39, 0.29) is 21.1 Å². The average molecular weight is 319 g/mol. The summed E-state index contributed by atoms with van der Waals surface area (Å²) in [5.41, 5.74) is 0. The van der Waals surface area contributed by atoms with Crippen LogP contribution in [0.5, 0.6) is 0 Å². The molecule has 0 saturated carbocycles. The minimum atomic E-state index is -1.08. The van der Waals surface area contributed by atoms with Crippen LogP contribution in [0.1, 0.15) is 0 Å². The van der Waals surface area contributed by atoms with Crippen molar-refractivity contribution in [2.75, 3.05) is 0 Å². The van der Waals surface area contributed by atoms with E-state index >= 15 is 0 Å². The summed E-state index contributed by atoms with van der Waals surface area (Å²) in [6.07, 6.45) is 0. The van der Waals surface area contributed by atoms with E-state index < -0.39 is 20.8 Å². The van der Waals surface area contributed by atoms with Crippen molar-refractivity contribution < 1.29 is 29.7 Å². The monoisotopic (exact) mass is 319 g/mol. The fraction of sp³-hybridized carbons (Fsp3) is 0. The van der Waals surface area contributed by atoms with E-state index in [1.54, 1.807) is 0 Å². The zero-order valence-corrected chi connectivity index (χ0v) is 6.34. The Morgan fingerprint density at radius 3 is 1.38 bits per heavy atom. The van der Waals surface area contributed by atoms with Crippen LogP contribution in [-0.4, -0.2) is 8.66 Å². The van der Waals surface area contributed by atoms with Crippen LogP contribution in [0, 0.1) is 20.2 Å². The van der Waals surface area contributed by atoms with Crippen molar-refractivity contribution in [3.63, 3.8) is 0 Å². The van der Waals surface area contributed by atoms with E-state index in [0.29, 0.717) is 0 Å². The Morgan fingerprint density at radius 1 is 1.12 bits per heavy atom. The van der Waals surface area contributed by atoms with Crippen molar-refractivity contribution in [1.29, 1.82) is 0 Å². The molecule has 0 spiro atoms. The molecule has 0 heterocycles. The van der Waals surface area contributed by atoms with Gasteiger partial charge >= 0.3 is 12.1 Å². The summed E-state index contributed by atoms with van der Waals surface area (Å²) in [4.78, 5) is 18.3. The van der Waals surface area contributed by atoms with Crippen LogP contribution in [0.15, 0.2) is 0 Å². The summed E-state index contributed by atoms with van der Waals surface area (Å²) in [5.74, 6) is 0. The Bertz CT molecular complexity index is 90.2. The predicted octanol–water partition coefficient (Wildman–Crippen LogP) is 0.100. The maximum absolute atomic E-state index is 9.14. The molecule has 0 aliphatic heterocycles. The van der Waals surface area contributed by atoms with Gasteiger partial charge in [-0.05, 0) is 0 Å². The molecule has 0 bridgehead atoms. The van der Waals surface area contributed by atoms with Gasteiger partial charge in [0.2, 0.25) is 0 Å². The normalized spacial score (nSPS) is 7.00. The molecule has 0 atom stereocenters. The van der Waals surface area contributed by atoms with Gasteiger partial charge in [-0.15, -0.1) is 0 Å². The zero-order chi connectivity index (χ0) is 5.86. The second kappa shape index (κ2) is 4.98. The summed E-state index contributed by atoms with van der Waals surface area (Å²) in [5, 5.41) is 18.3. The van der Waals surface area contributed by atoms with Crippen molar-refractivity contribution in [3.05, 3.63) is 20.2 Å². The van der Waals surface area contributed by atoms with Gasteiger partial charge in [0.05, 0.1) is 0 Å². The van der Waals surface area contributed by atoms with Crippen LogP contribution in [0.3, 0.4) is 0 Å². The van der Waals surface area contributed by atoms with Gasteiger partial charge in [-0.3, -0.25) is 0 Å². The van der Waals surface area contributed by atoms with Gasteiger partial charge in [0.25, 0.3) is 0 Å². The molecule has 8 heteroatoms. The molecular weight excluding hydrogens is 319 g/mol. The van der Waals surface area contributed by atoms with Gasteiger partial charge in [0.15, 0.2) is 8.66 Å². The molecule has 0 rings (SSSR count). The second-order valence-electron chi connectivity index (χ2n) is 0.529. The van der Waals surface area contributed by atoms with Gasteiger partial charge in [-0.25, -0.2) is 20.2 Å². The molecule has 0 aliphatic rings. The maximum Gasteiger partial charge on any atom is 0.628 e. The maximum atomic E-state index is 9.14. The summed E-state index contributed by atoms with van der Waals surface area (Å²) in [6.45, 7) is 0. The first kappa shape index (κ1) is 10.8. The van der Waals surface area contributed by atoms with E-state index in [4.69, 9.17) is 20.2 Å². The fourth-order valence-corrected chi connectivity index (χ4v) is 0.163. The van der Waals surface area contributed by atoms with E-state index in [1.165, 1.54) is 0 Å². The third-order valence-electron chi connectivity index (χ3n) is 0.133. The van der Waals surface area contributed by atoms with Crippen LogP contribution in [0.25, 0.3) is 0 Å². The fourth-order valence-electron chi connectivity index (χ4n) is 0.0544. The molecule has 0 amide bonds. The minimum absolute atomic E-state index is 0. The van der Waals surface area contributed by atoms with Crippen LogP contribution in [0.4, 0.5) is 0 Å². The van der Waals surface area contributed by atoms with E-state index in [9.17, 15) is 0 Å². The predicted molar refractivity (Wildman–Crippen MR) is 21.6 cm³/mol. The number of rotatable bonds is 2. The molecule has 0 unspecified atom stereocenters. The van der Waals surface area contributed by atoms with Crippen LogP contribution < -0.4 is 0 Å². The van der Waals surface area contributed by atoms with E-state index in [1.807, 2.05) is 0 Å². The Hall–Kier alpha value is -0.162. The van der Waals surface area contributed by atoms with Crippen molar-refractivity contribution in [1.82, 2.24) is 0 Å². The number of nitrogens with zero attached hydrogens (tertiary/aromatic N) is 2. The van der Waals surface area contributed by atoms with Crippen LogP contribution in [0.2, 0.25) is 0 Å².